The van der Waals surface area contributed by atoms with Gasteiger partial charge in [0, 0.05) is 16.1 Å². The SMILES string of the molecule is CC(C)Oc1ccc(C(=O)Nc2ccc(SC(F)F)cc2)cc1. The van der Waals surface area contributed by atoms with Crippen LogP contribution in [0.2, 0.25) is 0 Å². The van der Waals surface area contributed by atoms with Gasteiger partial charge in [-0.25, -0.2) is 0 Å². The standard InChI is InChI=1S/C17H17F2NO2S/c1-11(2)22-14-7-3-12(4-8-14)16(21)20-13-5-9-15(10-6-13)23-17(18)19/h3-11,17H,1-2H3,(H,20,21). The zero-order valence-corrected chi connectivity index (χ0v) is 13.6. The van der Waals surface area contributed by atoms with Crippen molar-refractivity contribution in [3.05, 3.63) is 54.1 Å². The minimum absolute atomic E-state index is 0.0688. The number of carbonyl (C=O) groups is 1. The van der Waals surface area contributed by atoms with E-state index in [0.717, 1.165) is 0 Å². The number of alkyl halides is 2. The molecule has 2 rings (SSSR count). The van der Waals surface area contributed by atoms with Crippen molar-refractivity contribution >= 4 is 23.4 Å². The van der Waals surface area contributed by atoms with Crippen molar-refractivity contribution in [3.63, 3.8) is 0 Å². The predicted molar refractivity (Wildman–Crippen MR) is 88.5 cm³/mol. The van der Waals surface area contributed by atoms with Crippen molar-refractivity contribution in [2.24, 2.45) is 0 Å². The van der Waals surface area contributed by atoms with Crippen molar-refractivity contribution in [2.45, 2.75) is 30.6 Å². The Bertz CT molecular complexity index is 643. The maximum absolute atomic E-state index is 12.2. The fraction of sp³-hybridized carbons (Fsp3) is 0.235. The lowest BCUT2D eigenvalue weighted by Gasteiger charge is -2.10. The number of rotatable bonds is 6. The minimum atomic E-state index is -2.46. The Hall–Kier alpha value is -2.08. The third-order valence-corrected chi connectivity index (χ3v) is 3.55. The second-order valence-corrected chi connectivity index (χ2v) is 6.11. The Balaban J connectivity index is 1.98. The smallest absolute Gasteiger partial charge is 0.288 e. The van der Waals surface area contributed by atoms with Crippen molar-refractivity contribution in [3.8, 4) is 5.75 Å². The first-order valence-electron chi connectivity index (χ1n) is 7.07. The molecule has 0 aliphatic heterocycles. The molecule has 1 amide bonds. The first-order chi connectivity index (χ1) is 10.9. The highest BCUT2D eigenvalue weighted by Gasteiger charge is 2.08. The van der Waals surface area contributed by atoms with Crippen LogP contribution in [-0.2, 0) is 0 Å². The van der Waals surface area contributed by atoms with Gasteiger partial charge < -0.3 is 10.1 Å². The molecule has 6 heteroatoms. The molecule has 0 aliphatic carbocycles. The van der Waals surface area contributed by atoms with Crippen molar-refractivity contribution in [1.29, 1.82) is 0 Å². The van der Waals surface area contributed by atoms with Crippen molar-refractivity contribution in [1.82, 2.24) is 0 Å². The third kappa shape index (κ3) is 5.56. The molecule has 2 aromatic rings. The molecule has 0 atom stereocenters. The molecule has 0 bridgehead atoms. The summed E-state index contributed by atoms with van der Waals surface area (Å²) in [6.07, 6.45) is 0.0688. The molecule has 0 unspecified atom stereocenters. The average molecular weight is 337 g/mol. The van der Waals surface area contributed by atoms with E-state index in [-0.39, 0.29) is 12.0 Å². The maximum atomic E-state index is 12.2. The quantitative estimate of drug-likeness (QED) is 0.750. The molecule has 2 aromatic carbocycles. The highest BCUT2D eigenvalue weighted by Crippen LogP contribution is 2.26. The van der Waals surface area contributed by atoms with Crippen LogP contribution in [0.15, 0.2) is 53.4 Å². The Morgan fingerprint density at radius 1 is 1.04 bits per heavy atom. The predicted octanol–water partition coefficient (Wildman–Crippen LogP) is 5.04. The number of benzene rings is 2. The number of hydrogen-bond donors (Lipinski definition) is 1. The zero-order valence-electron chi connectivity index (χ0n) is 12.8. The molecule has 0 fully saturated rings. The van der Waals surface area contributed by atoms with Crippen molar-refractivity contribution < 1.29 is 18.3 Å². The maximum Gasteiger partial charge on any atom is 0.288 e. The lowest BCUT2D eigenvalue weighted by Crippen LogP contribution is -2.12. The van der Waals surface area contributed by atoms with Gasteiger partial charge in [0.2, 0.25) is 0 Å². The van der Waals surface area contributed by atoms with E-state index in [4.69, 9.17) is 4.74 Å². The van der Waals surface area contributed by atoms with Gasteiger partial charge in [-0.1, -0.05) is 11.8 Å². The molecular formula is C17H17F2NO2S. The molecule has 1 N–H and O–H groups in total. The molecule has 0 aliphatic rings. The number of halogens is 2. The lowest BCUT2D eigenvalue weighted by atomic mass is 10.2. The van der Waals surface area contributed by atoms with Gasteiger partial charge in [0.15, 0.2) is 0 Å². The average Bonchev–Trinajstić information content (AvgIpc) is 2.49. The van der Waals surface area contributed by atoms with Gasteiger partial charge >= 0.3 is 0 Å². The van der Waals surface area contributed by atoms with Crippen LogP contribution in [0, 0.1) is 0 Å². The summed E-state index contributed by atoms with van der Waals surface area (Å²) in [5.41, 5.74) is 1.04. The number of carbonyl (C=O) groups excluding carboxylic acids is 1. The highest BCUT2D eigenvalue weighted by molar-refractivity contribution is 7.99. The summed E-state index contributed by atoms with van der Waals surface area (Å²) in [5, 5.41) is 2.72. The summed E-state index contributed by atoms with van der Waals surface area (Å²) >= 11 is 0.469. The summed E-state index contributed by atoms with van der Waals surface area (Å²) in [6.45, 7) is 3.85. The molecule has 0 aromatic heterocycles. The van der Waals surface area contributed by atoms with E-state index in [1.807, 2.05) is 13.8 Å². The third-order valence-electron chi connectivity index (χ3n) is 2.83. The molecule has 122 valence electrons. The summed E-state index contributed by atoms with van der Waals surface area (Å²) < 4.78 is 30.0. The molecule has 23 heavy (non-hydrogen) atoms. The largest absolute Gasteiger partial charge is 0.491 e. The Morgan fingerprint density at radius 3 is 2.17 bits per heavy atom. The second kappa shape index (κ2) is 7.97. The van der Waals surface area contributed by atoms with Gasteiger partial charge in [-0.2, -0.15) is 8.78 Å². The summed E-state index contributed by atoms with van der Waals surface area (Å²) in [6, 6.07) is 13.1. The van der Waals surface area contributed by atoms with E-state index in [2.05, 4.69) is 5.32 Å². The molecule has 0 saturated carbocycles. The summed E-state index contributed by atoms with van der Waals surface area (Å²) in [4.78, 5) is 12.6. The lowest BCUT2D eigenvalue weighted by molar-refractivity contribution is 0.102. The van der Waals surface area contributed by atoms with Gasteiger partial charge in [0.1, 0.15) is 5.75 Å². The van der Waals surface area contributed by atoms with Crippen LogP contribution < -0.4 is 10.1 Å². The molecule has 0 radical (unpaired) electrons. The highest BCUT2D eigenvalue weighted by atomic mass is 32.2. The van der Waals surface area contributed by atoms with Crippen LogP contribution in [0.4, 0.5) is 14.5 Å². The van der Waals surface area contributed by atoms with Crippen LogP contribution >= 0.6 is 11.8 Å². The van der Waals surface area contributed by atoms with Crippen LogP contribution in [0.1, 0.15) is 24.2 Å². The monoisotopic (exact) mass is 337 g/mol. The number of anilines is 1. The van der Waals surface area contributed by atoms with Crippen LogP contribution in [0.3, 0.4) is 0 Å². The first-order valence-corrected chi connectivity index (χ1v) is 7.95. The molecular weight excluding hydrogens is 320 g/mol. The zero-order chi connectivity index (χ0) is 16.8. The van der Waals surface area contributed by atoms with Crippen LogP contribution in [0.5, 0.6) is 5.75 Å². The number of nitrogens with one attached hydrogen (secondary N) is 1. The number of ether oxygens (including phenoxy) is 1. The molecule has 3 nitrogen and oxygen atoms in total. The number of hydrogen-bond acceptors (Lipinski definition) is 3. The van der Waals surface area contributed by atoms with E-state index in [0.29, 0.717) is 33.7 Å². The Morgan fingerprint density at radius 2 is 1.65 bits per heavy atom. The Kier molecular flexibility index (Phi) is 5.98. The van der Waals surface area contributed by atoms with E-state index in [1.165, 1.54) is 0 Å². The fourth-order valence-electron chi connectivity index (χ4n) is 1.88. The van der Waals surface area contributed by atoms with E-state index < -0.39 is 5.76 Å². The normalized spacial score (nSPS) is 10.9. The van der Waals surface area contributed by atoms with Gasteiger partial charge in [-0.3, -0.25) is 4.79 Å². The number of amides is 1. The van der Waals surface area contributed by atoms with Gasteiger partial charge in [-0.15, -0.1) is 0 Å². The Labute approximate surface area is 138 Å². The summed E-state index contributed by atoms with van der Waals surface area (Å²) in [7, 11) is 0. The minimum Gasteiger partial charge on any atom is -0.491 e. The first kappa shape index (κ1) is 17.3. The topological polar surface area (TPSA) is 38.3 Å². The van der Waals surface area contributed by atoms with Crippen molar-refractivity contribution in [2.75, 3.05) is 5.32 Å². The fourth-order valence-corrected chi connectivity index (χ4v) is 2.38. The van der Waals surface area contributed by atoms with E-state index >= 15 is 0 Å². The van der Waals surface area contributed by atoms with Crippen LogP contribution in [-0.4, -0.2) is 17.8 Å². The molecule has 0 saturated heterocycles. The van der Waals surface area contributed by atoms with Gasteiger partial charge in [0.05, 0.1) is 6.10 Å². The van der Waals surface area contributed by atoms with E-state index in [9.17, 15) is 13.6 Å². The van der Waals surface area contributed by atoms with Gasteiger partial charge in [-0.05, 0) is 62.4 Å². The molecule has 0 heterocycles. The van der Waals surface area contributed by atoms with Crippen LogP contribution in [0.25, 0.3) is 0 Å². The number of thioether (sulfide) groups is 1. The molecule has 0 spiro atoms. The van der Waals surface area contributed by atoms with E-state index in [1.54, 1.807) is 48.5 Å². The van der Waals surface area contributed by atoms with Gasteiger partial charge in [0.25, 0.3) is 11.7 Å². The summed E-state index contributed by atoms with van der Waals surface area (Å²) in [5.74, 6) is -2.03. The second-order valence-electron chi connectivity index (χ2n) is 5.05.